The molecule has 240 valence electrons. The highest BCUT2D eigenvalue weighted by Gasteiger charge is 2.20. The molecule has 0 spiro atoms. The van der Waals surface area contributed by atoms with E-state index in [9.17, 15) is 10.1 Å². The summed E-state index contributed by atoms with van der Waals surface area (Å²) in [6.45, 7) is 2.26. The summed E-state index contributed by atoms with van der Waals surface area (Å²) in [5, 5.41) is 12.6. The molecule has 7 rings (SSSR count). The van der Waals surface area contributed by atoms with E-state index in [1.807, 2.05) is 60.7 Å². The van der Waals surface area contributed by atoms with Crippen molar-refractivity contribution in [1.82, 2.24) is 20.3 Å². The molecular weight excluding hydrogens is 629 g/mol. The van der Waals surface area contributed by atoms with Crippen LogP contribution in [0.1, 0.15) is 28.3 Å². The number of rotatable bonds is 10. The van der Waals surface area contributed by atoms with Crippen LogP contribution in [0.5, 0.6) is 5.88 Å². The van der Waals surface area contributed by atoms with Crippen LogP contribution in [0.2, 0.25) is 0 Å². The van der Waals surface area contributed by atoms with Gasteiger partial charge in [-0.25, -0.2) is 14.8 Å². The summed E-state index contributed by atoms with van der Waals surface area (Å²) in [6.07, 6.45) is 3.68. The number of nitrogen functional groups attached to an aromatic ring is 1. The molecular formula is C35H30N8O4S. The molecule has 12 nitrogen and oxygen atoms in total. The number of fused-ring (bicyclic) bond motifs is 3. The highest BCUT2D eigenvalue weighted by atomic mass is 32.2. The smallest absolute Gasteiger partial charge is 0.407 e. The van der Waals surface area contributed by atoms with E-state index in [4.69, 9.17) is 19.6 Å². The molecule has 2 aliphatic rings. The van der Waals surface area contributed by atoms with E-state index in [1.54, 1.807) is 24.1 Å². The first-order valence-electron chi connectivity index (χ1n) is 15.3. The summed E-state index contributed by atoms with van der Waals surface area (Å²) in [5.41, 5.74) is 12.7. The molecule has 0 aliphatic carbocycles. The second kappa shape index (κ2) is 13.9. The number of oxazole rings is 1. The second-order valence-corrected chi connectivity index (χ2v) is 12.1. The fourth-order valence-corrected chi connectivity index (χ4v) is 6.48. The van der Waals surface area contributed by atoms with Gasteiger partial charge in [0, 0.05) is 36.4 Å². The molecule has 0 atom stereocenters. The molecule has 3 N–H and O–H groups in total. The molecule has 5 aromatic rings. The number of benzene rings is 3. The van der Waals surface area contributed by atoms with Crippen LogP contribution in [0.3, 0.4) is 0 Å². The molecule has 13 heteroatoms. The maximum Gasteiger partial charge on any atom is 0.407 e. The van der Waals surface area contributed by atoms with Gasteiger partial charge in [-0.3, -0.25) is 4.99 Å². The van der Waals surface area contributed by atoms with E-state index in [-0.39, 0.29) is 12.6 Å². The second-order valence-electron chi connectivity index (χ2n) is 11.0. The minimum atomic E-state index is -0.478. The highest BCUT2D eigenvalue weighted by Crippen LogP contribution is 2.36. The van der Waals surface area contributed by atoms with Crippen molar-refractivity contribution in [1.29, 1.82) is 5.26 Å². The SMILES string of the molecule is N#C/C(=C\c1ccc2c(c1)SCCN2CCOC(=O)NCc1ccc(COc2nc(N)nc3c2N=CC3)cc1)c1nc2ccccc2o1. The fraction of sp³-hybridized carbons (Fsp3) is 0.200. The lowest BCUT2D eigenvalue weighted by atomic mass is 10.1. The van der Waals surface area contributed by atoms with Crippen LogP contribution in [0, 0.1) is 11.3 Å². The van der Waals surface area contributed by atoms with Crippen LogP contribution < -0.4 is 20.7 Å². The number of nitriles is 1. The Morgan fingerprint density at radius 1 is 1.10 bits per heavy atom. The lowest BCUT2D eigenvalue weighted by Gasteiger charge is -2.30. The number of nitrogens with zero attached hydrogens (tertiary/aromatic N) is 6. The number of aliphatic imine (C=N–C) groups is 1. The zero-order valence-electron chi connectivity index (χ0n) is 25.8. The van der Waals surface area contributed by atoms with Gasteiger partial charge in [0.15, 0.2) is 5.58 Å². The number of allylic oxidation sites excluding steroid dienone is 1. The van der Waals surface area contributed by atoms with Gasteiger partial charge >= 0.3 is 6.09 Å². The van der Waals surface area contributed by atoms with Crippen molar-refractivity contribution in [3.8, 4) is 11.9 Å². The number of aromatic nitrogens is 3. The van der Waals surface area contributed by atoms with Crippen LogP contribution in [0.4, 0.5) is 22.1 Å². The summed E-state index contributed by atoms with van der Waals surface area (Å²) < 4.78 is 17.1. The Balaban J connectivity index is 0.883. The van der Waals surface area contributed by atoms with Gasteiger partial charge in [0.05, 0.1) is 17.9 Å². The Morgan fingerprint density at radius 3 is 2.81 bits per heavy atom. The number of hydrogen-bond acceptors (Lipinski definition) is 12. The third kappa shape index (κ3) is 6.93. The maximum atomic E-state index is 12.4. The van der Waals surface area contributed by atoms with Crippen LogP contribution in [0.15, 0.2) is 81.0 Å². The number of nitrogens with two attached hydrogens (primary N) is 1. The van der Waals surface area contributed by atoms with Crippen molar-refractivity contribution in [2.45, 2.75) is 24.5 Å². The minimum absolute atomic E-state index is 0.162. The maximum absolute atomic E-state index is 12.4. The van der Waals surface area contributed by atoms with E-state index in [1.165, 1.54) is 0 Å². The first-order chi connectivity index (χ1) is 23.5. The lowest BCUT2D eigenvalue weighted by molar-refractivity contribution is 0.148. The Kier molecular flexibility index (Phi) is 8.88. The third-order valence-corrected chi connectivity index (χ3v) is 8.80. The number of anilines is 2. The average Bonchev–Trinajstić information content (AvgIpc) is 3.76. The van der Waals surface area contributed by atoms with Gasteiger partial charge in [-0.1, -0.05) is 42.5 Å². The molecule has 48 heavy (non-hydrogen) atoms. The topological polar surface area (TPSA) is 165 Å². The molecule has 3 aromatic carbocycles. The number of carbonyl (C=O) groups is 1. The normalized spacial score (nSPS) is 13.6. The fourth-order valence-electron chi connectivity index (χ4n) is 5.38. The molecule has 0 saturated heterocycles. The van der Waals surface area contributed by atoms with Crippen LogP contribution in [-0.2, 0) is 24.3 Å². The number of carbonyl (C=O) groups excluding carboxylic acids is 1. The number of hydrogen-bond donors (Lipinski definition) is 2. The largest absolute Gasteiger partial charge is 0.471 e. The first-order valence-corrected chi connectivity index (χ1v) is 16.3. The van der Waals surface area contributed by atoms with E-state index >= 15 is 0 Å². The lowest BCUT2D eigenvalue weighted by Crippen LogP contribution is -2.34. The Hall–Kier alpha value is -5.87. The van der Waals surface area contributed by atoms with Crippen LogP contribution >= 0.6 is 11.8 Å². The summed E-state index contributed by atoms with van der Waals surface area (Å²) in [6, 6.07) is 23.4. The zero-order chi connectivity index (χ0) is 32.9. The van der Waals surface area contributed by atoms with Crippen molar-refractivity contribution >= 4 is 64.1 Å². The first kappa shape index (κ1) is 30.8. The van der Waals surface area contributed by atoms with Gasteiger partial charge in [0.25, 0.3) is 0 Å². The number of ether oxygens (including phenoxy) is 2. The van der Waals surface area contributed by atoms with Gasteiger partial charge in [-0.05, 0) is 47.0 Å². The monoisotopic (exact) mass is 658 g/mol. The average molecular weight is 659 g/mol. The predicted octanol–water partition coefficient (Wildman–Crippen LogP) is 5.94. The Morgan fingerprint density at radius 2 is 1.96 bits per heavy atom. The molecule has 2 aliphatic heterocycles. The van der Waals surface area contributed by atoms with E-state index in [2.05, 4.69) is 42.3 Å². The van der Waals surface area contributed by atoms with E-state index in [0.29, 0.717) is 60.2 Å². The van der Waals surface area contributed by atoms with Crippen molar-refractivity contribution < 1.29 is 18.7 Å². The van der Waals surface area contributed by atoms with Crippen molar-refractivity contribution in [3.63, 3.8) is 0 Å². The van der Waals surface area contributed by atoms with Crippen LogP contribution in [-0.4, -0.2) is 52.7 Å². The van der Waals surface area contributed by atoms with Gasteiger partial charge in [0.2, 0.25) is 17.7 Å². The van der Waals surface area contributed by atoms with Crippen molar-refractivity contribution in [3.05, 3.63) is 95.0 Å². The van der Waals surface area contributed by atoms with Gasteiger partial charge in [0.1, 0.15) is 36.1 Å². The minimum Gasteiger partial charge on any atom is -0.471 e. The highest BCUT2D eigenvalue weighted by molar-refractivity contribution is 7.99. The van der Waals surface area contributed by atoms with Crippen molar-refractivity contribution in [2.75, 3.05) is 36.1 Å². The number of alkyl carbamates (subject to hydrolysis) is 1. The molecule has 4 heterocycles. The van der Waals surface area contributed by atoms with Gasteiger partial charge in [-0.2, -0.15) is 10.2 Å². The molecule has 2 aromatic heterocycles. The molecule has 0 saturated carbocycles. The van der Waals surface area contributed by atoms with Crippen LogP contribution in [0.25, 0.3) is 22.7 Å². The Labute approximate surface area is 280 Å². The molecule has 1 amide bonds. The molecule has 0 radical (unpaired) electrons. The number of nitrogens with one attached hydrogen (secondary N) is 1. The third-order valence-electron chi connectivity index (χ3n) is 7.78. The molecule has 0 unspecified atom stereocenters. The quantitative estimate of drug-likeness (QED) is 0.171. The molecule has 0 fully saturated rings. The summed E-state index contributed by atoms with van der Waals surface area (Å²) in [5.74, 6) is 1.73. The Bertz CT molecular complexity index is 2050. The predicted molar refractivity (Wildman–Crippen MR) is 184 cm³/mol. The van der Waals surface area contributed by atoms with E-state index in [0.717, 1.165) is 45.3 Å². The zero-order valence-corrected chi connectivity index (χ0v) is 26.6. The molecule has 0 bridgehead atoms. The summed E-state index contributed by atoms with van der Waals surface area (Å²) in [7, 11) is 0. The van der Waals surface area contributed by atoms with Gasteiger partial charge < -0.3 is 29.8 Å². The number of para-hydroxylation sites is 2. The standard InChI is InChI=1S/C35H30N8O4S/c36-19-25(32-40-26-3-1-2-4-29(26)47-32)17-24-9-10-28-30(18-24)48-16-14-43(28)13-15-45-35(44)39-20-22-5-7-23(8-6-22)21-46-33-31-27(11-12-38-31)41-34(37)42-33/h1-10,12,17-18H,11,13-16,20-21H2,(H,39,44)(H2,37,41,42)/b25-17+. The van der Waals surface area contributed by atoms with Gasteiger partial charge in [-0.15, -0.1) is 11.8 Å². The summed E-state index contributed by atoms with van der Waals surface area (Å²) >= 11 is 1.76. The number of amides is 1. The van der Waals surface area contributed by atoms with E-state index < -0.39 is 6.09 Å². The summed E-state index contributed by atoms with van der Waals surface area (Å²) in [4.78, 5) is 32.9. The number of thioether (sulfide) groups is 1. The van der Waals surface area contributed by atoms with Crippen molar-refractivity contribution in [2.24, 2.45) is 4.99 Å².